The minimum absolute atomic E-state index is 0.459. The van der Waals surface area contributed by atoms with E-state index in [-0.39, 0.29) is 0 Å². The molecule has 0 aromatic heterocycles. The Bertz CT molecular complexity index is 91.6. The Balaban J connectivity index is 3.46. The number of aliphatic hydroxyl groups excluding tert-OH is 1. The summed E-state index contributed by atoms with van der Waals surface area (Å²) in [6.45, 7) is 3.65. The molecule has 3 heteroatoms. The standard InChI is InChI=1S/C7H17NO2/c1-3-7(2,10)5-4-6(8)9/h6,9-10H,3-5,8H2,1-2H3. The Hall–Kier alpha value is -0.120. The quantitative estimate of drug-likeness (QED) is 0.498. The van der Waals surface area contributed by atoms with Crippen LogP contribution in [0.3, 0.4) is 0 Å². The van der Waals surface area contributed by atoms with E-state index in [0.29, 0.717) is 19.3 Å². The molecular formula is C7H17NO2. The SMILES string of the molecule is CCC(C)(O)CCC(N)O. The number of hydrogen-bond acceptors (Lipinski definition) is 3. The van der Waals surface area contributed by atoms with Crippen molar-refractivity contribution in [2.75, 3.05) is 0 Å². The fourth-order valence-corrected chi connectivity index (χ4v) is 0.636. The number of aliphatic hydroxyl groups is 2. The second-order valence-electron chi connectivity index (χ2n) is 2.96. The molecular weight excluding hydrogens is 130 g/mol. The van der Waals surface area contributed by atoms with Gasteiger partial charge in [0.25, 0.3) is 0 Å². The monoisotopic (exact) mass is 147 g/mol. The van der Waals surface area contributed by atoms with Gasteiger partial charge in [0, 0.05) is 0 Å². The molecule has 2 unspecified atom stereocenters. The van der Waals surface area contributed by atoms with Gasteiger partial charge in [-0.25, -0.2) is 0 Å². The highest BCUT2D eigenvalue weighted by Gasteiger charge is 2.17. The second kappa shape index (κ2) is 3.91. The smallest absolute Gasteiger partial charge is 0.102 e. The maximum absolute atomic E-state index is 9.41. The third-order valence-electron chi connectivity index (χ3n) is 1.74. The molecule has 0 radical (unpaired) electrons. The van der Waals surface area contributed by atoms with E-state index >= 15 is 0 Å². The van der Waals surface area contributed by atoms with Crippen molar-refractivity contribution in [3.05, 3.63) is 0 Å². The molecule has 0 heterocycles. The Morgan fingerprint density at radius 2 is 2.10 bits per heavy atom. The van der Waals surface area contributed by atoms with Crippen molar-refractivity contribution in [1.82, 2.24) is 0 Å². The van der Waals surface area contributed by atoms with E-state index in [2.05, 4.69) is 0 Å². The summed E-state index contributed by atoms with van der Waals surface area (Å²) in [7, 11) is 0. The van der Waals surface area contributed by atoms with E-state index in [1.807, 2.05) is 6.92 Å². The molecule has 0 aromatic carbocycles. The maximum Gasteiger partial charge on any atom is 0.102 e. The van der Waals surface area contributed by atoms with E-state index in [4.69, 9.17) is 10.8 Å². The third kappa shape index (κ3) is 4.73. The average Bonchev–Trinajstić information content (AvgIpc) is 1.85. The Kier molecular flexibility index (Phi) is 3.86. The van der Waals surface area contributed by atoms with Gasteiger partial charge in [-0.2, -0.15) is 0 Å². The predicted molar refractivity (Wildman–Crippen MR) is 40.3 cm³/mol. The van der Waals surface area contributed by atoms with Crippen molar-refractivity contribution in [2.24, 2.45) is 5.73 Å². The minimum atomic E-state index is -0.793. The lowest BCUT2D eigenvalue weighted by molar-refractivity contribution is 0.0297. The van der Waals surface area contributed by atoms with Crippen LogP contribution in [0, 0.1) is 0 Å². The maximum atomic E-state index is 9.41. The van der Waals surface area contributed by atoms with E-state index in [1.54, 1.807) is 6.92 Å². The third-order valence-corrected chi connectivity index (χ3v) is 1.74. The molecule has 2 atom stereocenters. The van der Waals surface area contributed by atoms with Crippen molar-refractivity contribution in [2.45, 2.75) is 44.9 Å². The summed E-state index contributed by atoms with van der Waals surface area (Å²) in [5.74, 6) is 0. The molecule has 0 aromatic rings. The molecule has 0 rings (SSSR count). The summed E-state index contributed by atoms with van der Waals surface area (Å²) in [6, 6.07) is 0. The highest BCUT2D eigenvalue weighted by Crippen LogP contribution is 2.15. The van der Waals surface area contributed by atoms with E-state index in [9.17, 15) is 5.11 Å². The zero-order chi connectivity index (χ0) is 8.20. The Morgan fingerprint density at radius 3 is 2.40 bits per heavy atom. The van der Waals surface area contributed by atoms with E-state index < -0.39 is 11.8 Å². The fraction of sp³-hybridized carbons (Fsp3) is 1.00. The van der Waals surface area contributed by atoms with Crippen molar-refractivity contribution in [3.8, 4) is 0 Å². The molecule has 0 saturated carbocycles. The van der Waals surface area contributed by atoms with E-state index in [0.717, 1.165) is 0 Å². The molecule has 0 bridgehead atoms. The lowest BCUT2D eigenvalue weighted by Crippen LogP contribution is -2.27. The summed E-state index contributed by atoms with van der Waals surface area (Å²) in [4.78, 5) is 0. The summed E-state index contributed by atoms with van der Waals surface area (Å²) in [6.07, 6.45) is 0.917. The molecule has 0 aliphatic heterocycles. The number of hydrogen-bond donors (Lipinski definition) is 3. The minimum Gasteiger partial charge on any atom is -0.390 e. The average molecular weight is 147 g/mol. The molecule has 0 aliphatic carbocycles. The van der Waals surface area contributed by atoms with Crippen LogP contribution >= 0.6 is 0 Å². The lowest BCUT2D eigenvalue weighted by Gasteiger charge is -2.21. The van der Waals surface area contributed by atoms with Crippen LogP contribution in [0.5, 0.6) is 0 Å². The molecule has 0 fully saturated rings. The van der Waals surface area contributed by atoms with Crippen molar-refractivity contribution in [3.63, 3.8) is 0 Å². The van der Waals surface area contributed by atoms with Crippen LogP contribution in [-0.4, -0.2) is 22.0 Å². The van der Waals surface area contributed by atoms with Gasteiger partial charge in [-0.1, -0.05) is 6.92 Å². The van der Waals surface area contributed by atoms with Gasteiger partial charge in [-0.05, 0) is 26.2 Å². The largest absolute Gasteiger partial charge is 0.390 e. The Labute approximate surface area is 61.9 Å². The first-order valence-electron chi connectivity index (χ1n) is 3.64. The Morgan fingerprint density at radius 1 is 1.60 bits per heavy atom. The van der Waals surface area contributed by atoms with Crippen molar-refractivity contribution in [1.29, 1.82) is 0 Å². The van der Waals surface area contributed by atoms with Gasteiger partial charge in [0.2, 0.25) is 0 Å². The first-order chi connectivity index (χ1) is 4.48. The summed E-state index contributed by atoms with van der Waals surface area (Å²) in [5.41, 5.74) is 4.43. The predicted octanol–water partition coefficient (Wildman–Crippen LogP) is 0.205. The van der Waals surface area contributed by atoms with Crippen LogP contribution < -0.4 is 5.73 Å². The molecule has 62 valence electrons. The van der Waals surface area contributed by atoms with Crippen LogP contribution in [0.4, 0.5) is 0 Å². The van der Waals surface area contributed by atoms with Gasteiger partial charge in [-0.15, -0.1) is 0 Å². The van der Waals surface area contributed by atoms with Gasteiger partial charge in [-0.3, -0.25) is 0 Å². The molecule has 10 heavy (non-hydrogen) atoms. The second-order valence-corrected chi connectivity index (χ2v) is 2.96. The highest BCUT2D eigenvalue weighted by molar-refractivity contribution is 4.70. The topological polar surface area (TPSA) is 66.5 Å². The first-order valence-corrected chi connectivity index (χ1v) is 3.64. The highest BCUT2D eigenvalue weighted by atomic mass is 16.3. The van der Waals surface area contributed by atoms with Crippen molar-refractivity contribution < 1.29 is 10.2 Å². The molecule has 0 amide bonds. The van der Waals surface area contributed by atoms with Gasteiger partial charge < -0.3 is 15.9 Å². The number of nitrogens with two attached hydrogens (primary N) is 1. The van der Waals surface area contributed by atoms with Crippen LogP contribution in [0.25, 0.3) is 0 Å². The number of rotatable bonds is 4. The normalized spacial score (nSPS) is 20.1. The van der Waals surface area contributed by atoms with Gasteiger partial charge in [0.1, 0.15) is 6.23 Å². The fourth-order valence-electron chi connectivity index (χ4n) is 0.636. The molecule has 0 aliphatic rings. The lowest BCUT2D eigenvalue weighted by atomic mass is 9.97. The van der Waals surface area contributed by atoms with Gasteiger partial charge in [0.15, 0.2) is 0 Å². The molecule has 3 nitrogen and oxygen atoms in total. The van der Waals surface area contributed by atoms with Gasteiger partial charge >= 0.3 is 0 Å². The summed E-state index contributed by atoms with van der Waals surface area (Å²) < 4.78 is 0. The van der Waals surface area contributed by atoms with Crippen LogP contribution in [0.2, 0.25) is 0 Å². The summed E-state index contributed by atoms with van der Waals surface area (Å²) in [5, 5.41) is 18.1. The summed E-state index contributed by atoms with van der Waals surface area (Å²) >= 11 is 0. The van der Waals surface area contributed by atoms with Crippen LogP contribution in [-0.2, 0) is 0 Å². The molecule has 0 saturated heterocycles. The molecule has 4 N–H and O–H groups in total. The van der Waals surface area contributed by atoms with E-state index in [1.165, 1.54) is 0 Å². The van der Waals surface area contributed by atoms with Gasteiger partial charge in [0.05, 0.1) is 5.60 Å². The first kappa shape index (κ1) is 9.88. The molecule has 0 spiro atoms. The van der Waals surface area contributed by atoms with Crippen LogP contribution in [0.1, 0.15) is 33.1 Å². The van der Waals surface area contributed by atoms with Crippen molar-refractivity contribution >= 4 is 0 Å². The van der Waals surface area contributed by atoms with Crippen LogP contribution in [0.15, 0.2) is 0 Å². The zero-order valence-corrected chi connectivity index (χ0v) is 6.67. The zero-order valence-electron chi connectivity index (χ0n) is 6.67.